The molecule has 1 aliphatic carbocycles. The van der Waals surface area contributed by atoms with Gasteiger partial charge < -0.3 is 19.6 Å². The minimum absolute atomic E-state index is 0.0732. The van der Waals surface area contributed by atoms with Gasteiger partial charge >= 0.3 is 0 Å². The van der Waals surface area contributed by atoms with E-state index in [4.69, 9.17) is 60.7 Å². The summed E-state index contributed by atoms with van der Waals surface area (Å²) in [4.78, 5) is 17.0. The predicted octanol–water partition coefficient (Wildman–Crippen LogP) is 5.24. The van der Waals surface area contributed by atoms with Crippen LogP contribution in [-0.4, -0.2) is 36.7 Å². The largest absolute Gasteiger partial charge is 0.493 e. The monoisotopic (exact) mass is 504 g/mol. The third-order valence-corrected chi connectivity index (χ3v) is 6.14. The van der Waals surface area contributed by atoms with Crippen molar-refractivity contribution in [3.63, 3.8) is 0 Å². The Hall–Kier alpha value is -1.86. The van der Waals surface area contributed by atoms with Gasteiger partial charge in [0.25, 0.3) is 5.91 Å². The van der Waals surface area contributed by atoms with Gasteiger partial charge in [0.15, 0.2) is 11.5 Å². The number of rotatable bonds is 9. The van der Waals surface area contributed by atoms with E-state index in [-0.39, 0.29) is 34.2 Å². The molecule has 0 heterocycles. The fraction of sp³-hybridized carbons (Fsp3) is 0.333. The molecule has 1 fully saturated rings. The quantitative estimate of drug-likeness (QED) is 0.287. The second-order valence-corrected chi connectivity index (χ2v) is 9.19. The first kappa shape index (κ1) is 23.8. The van der Waals surface area contributed by atoms with E-state index in [1.165, 1.54) is 14.2 Å². The van der Waals surface area contributed by atoms with E-state index in [1.807, 2.05) is 12.1 Å². The molecule has 1 aliphatic rings. The molecule has 2 aromatic rings. The maximum atomic E-state index is 12.2. The summed E-state index contributed by atoms with van der Waals surface area (Å²) < 4.78 is 10.8. The summed E-state index contributed by atoms with van der Waals surface area (Å²) in [6, 6.07) is 10.4. The molecular formula is C21H20Cl4N2O4. The Bertz CT molecular complexity index is 974. The van der Waals surface area contributed by atoms with E-state index < -0.39 is 4.33 Å². The zero-order valence-corrected chi connectivity index (χ0v) is 19.8. The molecule has 1 saturated carbocycles. The van der Waals surface area contributed by atoms with Crippen molar-refractivity contribution in [3.05, 3.63) is 57.6 Å². The predicted molar refractivity (Wildman–Crippen MR) is 123 cm³/mol. The van der Waals surface area contributed by atoms with Crippen molar-refractivity contribution in [1.82, 2.24) is 5.32 Å². The van der Waals surface area contributed by atoms with Crippen molar-refractivity contribution in [3.8, 4) is 11.5 Å². The average Bonchev–Trinajstić information content (AvgIpc) is 3.36. The summed E-state index contributed by atoms with van der Waals surface area (Å²) in [5.74, 6) is 0.476. The zero-order valence-electron chi connectivity index (χ0n) is 16.8. The Balaban J connectivity index is 1.74. The highest BCUT2D eigenvalue weighted by atomic mass is 35.5. The number of nitrogens with zero attached hydrogens (tertiary/aromatic N) is 1. The first-order valence-corrected chi connectivity index (χ1v) is 10.8. The molecule has 0 radical (unpaired) electrons. The van der Waals surface area contributed by atoms with E-state index in [2.05, 4.69) is 10.5 Å². The number of likely N-dealkylation sites (N-methyl/N-ethyl adjacent to an activating group) is 1. The fourth-order valence-electron chi connectivity index (χ4n) is 2.85. The van der Waals surface area contributed by atoms with Gasteiger partial charge in [0, 0.05) is 30.7 Å². The summed E-state index contributed by atoms with van der Waals surface area (Å²) in [5.41, 5.74) is 1.38. The van der Waals surface area contributed by atoms with Gasteiger partial charge in [-0.05, 0) is 12.0 Å². The van der Waals surface area contributed by atoms with Crippen LogP contribution in [0.1, 0.15) is 17.5 Å². The molecule has 0 saturated heterocycles. The lowest BCUT2D eigenvalue weighted by Gasteiger charge is -2.15. The van der Waals surface area contributed by atoms with Crippen LogP contribution >= 0.6 is 46.4 Å². The summed E-state index contributed by atoms with van der Waals surface area (Å²) in [7, 11) is 2.88. The van der Waals surface area contributed by atoms with Gasteiger partial charge in [0.05, 0.1) is 16.7 Å². The Morgan fingerprint density at radius 3 is 2.42 bits per heavy atom. The molecule has 2 aromatic carbocycles. The highest BCUT2D eigenvalue weighted by Gasteiger charge is 2.52. The standard InChI is InChI=1S/C21H20Cl4N2O4/c1-26-20(28)18(27-29-2)15-6-4-3-5-12(15)10-31-19-16(22)7-14(8-17(19)23)30-11-13-9-21(13,24)25/h3-8,13H,9-11H2,1-2H3,(H,26,28)/b27-18+. The van der Waals surface area contributed by atoms with Crippen LogP contribution in [-0.2, 0) is 16.2 Å². The first-order chi connectivity index (χ1) is 14.8. The third kappa shape index (κ3) is 5.89. The molecule has 10 heteroatoms. The Kier molecular flexibility index (Phi) is 7.81. The Morgan fingerprint density at radius 2 is 1.84 bits per heavy atom. The van der Waals surface area contributed by atoms with Gasteiger partial charge in [0.1, 0.15) is 23.8 Å². The lowest BCUT2D eigenvalue weighted by molar-refractivity contribution is -0.114. The molecule has 0 aromatic heterocycles. The molecule has 31 heavy (non-hydrogen) atoms. The minimum Gasteiger partial charge on any atom is -0.493 e. The van der Waals surface area contributed by atoms with Gasteiger partial charge in [-0.25, -0.2) is 0 Å². The molecule has 1 unspecified atom stereocenters. The summed E-state index contributed by atoms with van der Waals surface area (Å²) in [5, 5.41) is 6.95. The normalized spacial score (nSPS) is 17.1. The third-order valence-electron chi connectivity index (χ3n) is 4.65. The molecule has 6 nitrogen and oxygen atoms in total. The van der Waals surface area contributed by atoms with E-state index in [0.717, 1.165) is 0 Å². The topological polar surface area (TPSA) is 69.2 Å². The van der Waals surface area contributed by atoms with Crippen molar-refractivity contribution in [1.29, 1.82) is 0 Å². The number of nitrogens with one attached hydrogen (secondary N) is 1. The molecule has 166 valence electrons. The number of oxime groups is 1. The number of ether oxygens (including phenoxy) is 2. The van der Waals surface area contributed by atoms with Gasteiger partial charge in [-0.15, -0.1) is 23.2 Å². The van der Waals surface area contributed by atoms with Crippen molar-refractivity contribution >= 4 is 58.0 Å². The summed E-state index contributed by atoms with van der Waals surface area (Å²) >= 11 is 24.8. The van der Waals surface area contributed by atoms with Gasteiger partial charge in [0.2, 0.25) is 0 Å². The van der Waals surface area contributed by atoms with Crippen molar-refractivity contribution in [2.45, 2.75) is 17.4 Å². The van der Waals surface area contributed by atoms with Gasteiger partial charge in [-0.3, -0.25) is 4.79 Å². The van der Waals surface area contributed by atoms with Crippen LogP contribution in [0.25, 0.3) is 0 Å². The van der Waals surface area contributed by atoms with Crippen LogP contribution in [0.5, 0.6) is 11.5 Å². The van der Waals surface area contributed by atoms with E-state index in [0.29, 0.717) is 35.7 Å². The molecule has 0 spiro atoms. The van der Waals surface area contributed by atoms with Crippen LogP contribution in [0.2, 0.25) is 10.0 Å². The van der Waals surface area contributed by atoms with Crippen molar-refractivity contribution in [2.75, 3.05) is 20.8 Å². The highest BCUT2D eigenvalue weighted by molar-refractivity contribution is 6.50. The lowest BCUT2D eigenvalue weighted by Crippen LogP contribution is -2.29. The number of benzene rings is 2. The van der Waals surface area contributed by atoms with E-state index in [9.17, 15) is 4.79 Å². The Morgan fingerprint density at radius 1 is 1.19 bits per heavy atom. The maximum absolute atomic E-state index is 12.2. The zero-order chi connectivity index (χ0) is 22.6. The molecule has 3 rings (SSSR count). The summed E-state index contributed by atoms with van der Waals surface area (Å²) in [6.45, 7) is 0.465. The van der Waals surface area contributed by atoms with Crippen LogP contribution in [0.4, 0.5) is 0 Å². The molecular weight excluding hydrogens is 486 g/mol. The number of halogens is 4. The van der Waals surface area contributed by atoms with Crippen molar-refractivity contribution in [2.24, 2.45) is 11.1 Å². The van der Waals surface area contributed by atoms with Gasteiger partial charge in [-0.2, -0.15) is 0 Å². The van der Waals surface area contributed by atoms with E-state index in [1.54, 1.807) is 24.3 Å². The first-order valence-electron chi connectivity index (χ1n) is 9.30. The number of carbonyl (C=O) groups excluding carboxylic acids is 1. The number of alkyl halides is 2. The summed E-state index contributed by atoms with van der Waals surface area (Å²) in [6.07, 6.45) is 0.683. The number of hydrogen-bond acceptors (Lipinski definition) is 5. The molecule has 0 aliphatic heterocycles. The smallest absolute Gasteiger partial charge is 0.273 e. The highest BCUT2D eigenvalue weighted by Crippen LogP contribution is 2.53. The number of carbonyl (C=O) groups is 1. The maximum Gasteiger partial charge on any atom is 0.273 e. The van der Waals surface area contributed by atoms with Crippen LogP contribution in [0, 0.1) is 5.92 Å². The molecule has 1 atom stereocenters. The van der Waals surface area contributed by atoms with Crippen LogP contribution in [0.3, 0.4) is 0 Å². The molecule has 1 N–H and O–H groups in total. The average molecular weight is 506 g/mol. The number of amides is 1. The molecule has 1 amide bonds. The lowest BCUT2D eigenvalue weighted by atomic mass is 10.0. The second-order valence-electron chi connectivity index (χ2n) is 6.84. The second kappa shape index (κ2) is 10.2. The molecule has 0 bridgehead atoms. The van der Waals surface area contributed by atoms with E-state index >= 15 is 0 Å². The number of hydrogen-bond donors (Lipinski definition) is 1. The Labute approximate surface area is 200 Å². The van der Waals surface area contributed by atoms with Crippen LogP contribution in [0.15, 0.2) is 41.6 Å². The van der Waals surface area contributed by atoms with Crippen LogP contribution < -0.4 is 14.8 Å². The fourth-order valence-corrected chi connectivity index (χ4v) is 3.93. The van der Waals surface area contributed by atoms with Crippen molar-refractivity contribution < 1.29 is 19.1 Å². The van der Waals surface area contributed by atoms with Gasteiger partial charge in [-0.1, -0.05) is 52.6 Å². The SMILES string of the molecule is CNC(=O)/C(=N/OC)c1ccccc1COc1c(Cl)cc(OCC2CC2(Cl)Cl)cc1Cl. The minimum atomic E-state index is -0.719.